The maximum atomic E-state index is 12.7. The van der Waals surface area contributed by atoms with E-state index in [-0.39, 0.29) is 0 Å². The normalized spacial score (nSPS) is 20.5. The molecule has 1 saturated heterocycles. The molecule has 0 radical (unpaired) electrons. The van der Waals surface area contributed by atoms with Crippen molar-refractivity contribution >= 4 is 16.1 Å². The fourth-order valence-corrected chi connectivity index (χ4v) is 6.52. The van der Waals surface area contributed by atoms with Gasteiger partial charge in [0.15, 0.2) is 0 Å². The van der Waals surface area contributed by atoms with Crippen molar-refractivity contribution in [2.75, 3.05) is 32.8 Å². The van der Waals surface area contributed by atoms with Crippen LogP contribution in [0, 0.1) is 5.92 Å². The topological polar surface area (TPSA) is 132 Å². The smallest absolute Gasteiger partial charge is 0.315 e. The lowest BCUT2D eigenvalue weighted by Gasteiger charge is -2.44. The van der Waals surface area contributed by atoms with Crippen LogP contribution in [0.4, 0.5) is 4.79 Å². The molecule has 1 saturated carbocycles. The van der Waals surface area contributed by atoms with Crippen LogP contribution in [0.2, 0.25) is 0 Å². The van der Waals surface area contributed by atoms with E-state index < -0.39 is 27.3 Å². The minimum atomic E-state index is -3.88. The van der Waals surface area contributed by atoms with Crippen LogP contribution in [-0.4, -0.2) is 79.4 Å². The van der Waals surface area contributed by atoms with E-state index in [1.54, 1.807) is 12.4 Å². The highest BCUT2D eigenvalue weighted by Crippen LogP contribution is 2.35. The quantitative estimate of drug-likeness (QED) is 0.467. The summed E-state index contributed by atoms with van der Waals surface area (Å²) in [5.74, 6) is 0.585. The Bertz CT molecular complexity index is 844. The van der Waals surface area contributed by atoms with Gasteiger partial charge in [0.1, 0.15) is 0 Å². The van der Waals surface area contributed by atoms with E-state index in [1.807, 2.05) is 19.1 Å². The average Bonchev–Trinajstić information content (AvgIpc) is 2.76. The maximum absolute atomic E-state index is 12.7. The summed E-state index contributed by atoms with van der Waals surface area (Å²) in [5, 5.41) is 4.88. The number of rotatable bonds is 12. The Labute approximate surface area is 197 Å². The zero-order chi connectivity index (χ0) is 23.8. The van der Waals surface area contributed by atoms with Crippen LogP contribution < -0.4 is 10.9 Å². The van der Waals surface area contributed by atoms with Gasteiger partial charge in [0.2, 0.25) is 10.0 Å². The summed E-state index contributed by atoms with van der Waals surface area (Å²) >= 11 is 0. The van der Waals surface area contributed by atoms with Gasteiger partial charge in [-0.05, 0) is 56.1 Å². The number of amides is 2. The summed E-state index contributed by atoms with van der Waals surface area (Å²) in [6, 6.07) is 2.89. The molecule has 33 heavy (non-hydrogen) atoms. The Kier molecular flexibility index (Phi) is 9.48. The van der Waals surface area contributed by atoms with Crippen LogP contribution in [0.25, 0.3) is 0 Å². The number of nitrogens with zero attached hydrogens (tertiary/aromatic N) is 3. The second kappa shape index (κ2) is 12.1. The van der Waals surface area contributed by atoms with Gasteiger partial charge in [-0.3, -0.25) is 9.88 Å². The highest BCUT2D eigenvalue weighted by atomic mass is 32.2. The van der Waals surface area contributed by atoms with Crippen molar-refractivity contribution in [1.82, 2.24) is 14.8 Å². The Hall–Kier alpha value is -1.75. The molecule has 3 rings (SSSR count). The molecule has 1 aromatic heterocycles. The molecule has 10 heteroatoms. The highest BCUT2D eigenvalue weighted by molar-refractivity contribution is 7.89. The molecule has 2 heterocycles. The van der Waals surface area contributed by atoms with Gasteiger partial charge in [-0.15, -0.1) is 0 Å². The average molecular weight is 482 g/mol. The SMILES string of the molecule is CCC(C(CCC(C1CCC1)N1CCOCC1)S(N)(=O)=O)N(CCc1cccnc1)C(N)=O. The fraction of sp³-hybridized carbons (Fsp3) is 0.739. The summed E-state index contributed by atoms with van der Waals surface area (Å²) in [7, 11) is -3.88. The zero-order valence-electron chi connectivity index (χ0n) is 19.6. The third-order valence-electron chi connectivity index (χ3n) is 7.27. The van der Waals surface area contributed by atoms with Crippen LogP contribution in [0.5, 0.6) is 0 Å². The second-order valence-electron chi connectivity index (χ2n) is 9.23. The first kappa shape index (κ1) is 25.9. The van der Waals surface area contributed by atoms with E-state index in [1.165, 1.54) is 24.2 Å². The van der Waals surface area contributed by atoms with Crippen LogP contribution in [0.1, 0.15) is 51.0 Å². The molecule has 1 aliphatic carbocycles. The molecule has 2 fully saturated rings. The summed E-state index contributed by atoms with van der Waals surface area (Å²) in [4.78, 5) is 20.4. The first-order valence-electron chi connectivity index (χ1n) is 12.1. The standard InChI is InChI=1S/C23H39N5O4S/c1-2-20(28(23(24)29)12-10-18-5-4-11-26-17-18)22(33(25,30)31)9-8-21(19-6-3-7-19)27-13-15-32-16-14-27/h4-5,11,17,19-22H,2-3,6-10,12-16H2,1H3,(H2,24,29)(H2,25,30,31). The lowest BCUT2D eigenvalue weighted by atomic mass is 9.77. The number of primary amides is 1. The minimum Gasteiger partial charge on any atom is -0.379 e. The molecule has 2 amide bonds. The number of primary sulfonamides is 1. The molecule has 3 atom stereocenters. The molecular formula is C23H39N5O4S. The largest absolute Gasteiger partial charge is 0.379 e. The van der Waals surface area contributed by atoms with Crippen LogP contribution >= 0.6 is 0 Å². The van der Waals surface area contributed by atoms with Gasteiger partial charge in [0.05, 0.1) is 24.5 Å². The summed E-state index contributed by atoms with van der Waals surface area (Å²) in [5.41, 5.74) is 6.68. The van der Waals surface area contributed by atoms with Crippen molar-refractivity contribution in [3.63, 3.8) is 0 Å². The Morgan fingerprint density at radius 2 is 2.03 bits per heavy atom. The first-order chi connectivity index (χ1) is 15.8. The molecule has 2 aliphatic rings. The van der Waals surface area contributed by atoms with E-state index in [0.717, 1.165) is 25.1 Å². The van der Waals surface area contributed by atoms with Gasteiger partial charge < -0.3 is 15.4 Å². The highest BCUT2D eigenvalue weighted by Gasteiger charge is 2.38. The predicted octanol–water partition coefficient (Wildman–Crippen LogP) is 1.72. The van der Waals surface area contributed by atoms with E-state index in [2.05, 4.69) is 9.88 Å². The molecule has 9 nitrogen and oxygen atoms in total. The van der Waals surface area contributed by atoms with Gasteiger partial charge in [-0.2, -0.15) is 0 Å². The third kappa shape index (κ3) is 7.11. The Balaban J connectivity index is 1.74. The molecule has 1 aromatic rings. The second-order valence-corrected chi connectivity index (χ2v) is 11.0. The van der Waals surface area contributed by atoms with Gasteiger partial charge in [-0.1, -0.05) is 19.4 Å². The number of sulfonamides is 1. The number of hydrogen-bond donors (Lipinski definition) is 2. The molecule has 0 spiro atoms. The van der Waals surface area contributed by atoms with E-state index in [9.17, 15) is 13.2 Å². The fourth-order valence-electron chi connectivity index (χ4n) is 5.28. The molecule has 1 aliphatic heterocycles. The third-order valence-corrected chi connectivity index (χ3v) is 8.67. The number of morpholine rings is 1. The van der Waals surface area contributed by atoms with E-state index >= 15 is 0 Å². The molecule has 4 N–H and O–H groups in total. The van der Waals surface area contributed by atoms with Crippen LogP contribution in [0.3, 0.4) is 0 Å². The van der Waals surface area contributed by atoms with Crippen molar-refractivity contribution in [3.05, 3.63) is 30.1 Å². The molecule has 186 valence electrons. The number of hydrogen-bond acceptors (Lipinski definition) is 6. The van der Waals surface area contributed by atoms with Crippen LogP contribution in [-0.2, 0) is 21.2 Å². The lowest BCUT2D eigenvalue weighted by Crippen LogP contribution is -2.54. The number of urea groups is 1. The first-order valence-corrected chi connectivity index (χ1v) is 13.7. The maximum Gasteiger partial charge on any atom is 0.315 e. The minimum absolute atomic E-state index is 0.321. The number of ether oxygens (including phenoxy) is 1. The van der Waals surface area contributed by atoms with Crippen molar-refractivity contribution in [3.8, 4) is 0 Å². The molecule has 0 bridgehead atoms. The zero-order valence-corrected chi connectivity index (χ0v) is 20.5. The number of nitrogens with two attached hydrogens (primary N) is 2. The molecular weight excluding hydrogens is 442 g/mol. The van der Waals surface area contributed by atoms with Crippen molar-refractivity contribution < 1.29 is 17.9 Å². The monoisotopic (exact) mass is 481 g/mol. The van der Waals surface area contributed by atoms with Gasteiger partial charge in [-0.25, -0.2) is 18.4 Å². The molecule has 3 unspecified atom stereocenters. The van der Waals surface area contributed by atoms with E-state index in [4.69, 9.17) is 15.6 Å². The van der Waals surface area contributed by atoms with Crippen molar-refractivity contribution in [1.29, 1.82) is 0 Å². The number of aromatic nitrogens is 1. The number of carbonyl (C=O) groups excluding carboxylic acids is 1. The molecule has 0 aromatic carbocycles. The van der Waals surface area contributed by atoms with Crippen molar-refractivity contribution in [2.24, 2.45) is 16.8 Å². The van der Waals surface area contributed by atoms with Gasteiger partial charge in [0.25, 0.3) is 0 Å². The van der Waals surface area contributed by atoms with Crippen LogP contribution in [0.15, 0.2) is 24.5 Å². The number of carbonyl (C=O) groups is 1. The summed E-state index contributed by atoms with van der Waals surface area (Å²) in [6.07, 6.45) is 9.16. The van der Waals surface area contributed by atoms with E-state index in [0.29, 0.717) is 51.0 Å². The number of pyridine rings is 1. The summed E-state index contributed by atoms with van der Waals surface area (Å²) in [6.45, 7) is 5.37. The summed E-state index contributed by atoms with van der Waals surface area (Å²) < 4.78 is 31.0. The van der Waals surface area contributed by atoms with Gasteiger partial charge in [0, 0.05) is 38.1 Å². The lowest BCUT2D eigenvalue weighted by molar-refractivity contribution is -0.0121. The van der Waals surface area contributed by atoms with Crippen molar-refractivity contribution in [2.45, 2.75) is 69.2 Å². The van der Waals surface area contributed by atoms with Gasteiger partial charge >= 0.3 is 6.03 Å². The predicted molar refractivity (Wildman–Crippen MR) is 128 cm³/mol. The Morgan fingerprint density at radius 3 is 2.55 bits per heavy atom. The Morgan fingerprint density at radius 1 is 1.30 bits per heavy atom.